The molecule has 0 saturated heterocycles. The maximum atomic E-state index is 12.4. The average Bonchev–Trinajstić information content (AvgIpc) is 3.18. The minimum atomic E-state index is -3.38. The number of thiazole rings is 1. The van der Waals surface area contributed by atoms with Crippen LogP contribution in [0.5, 0.6) is 0 Å². The lowest BCUT2D eigenvalue weighted by Crippen LogP contribution is -2.09. The normalized spacial score (nSPS) is 11.3. The van der Waals surface area contributed by atoms with Crippen LogP contribution in [-0.2, 0) is 21.3 Å². The Kier molecular flexibility index (Phi) is 4.57. The van der Waals surface area contributed by atoms with Crippen LogP contribution in [0.25, 0.3) is 9.88 Å². The Hall–Kier alpha value is -2.01. The molecule has 0 N–H and O–H groups in total. The quantitative estimate of drug-likeness (QED) is 0.693. The van der Waals surface area contributed by atoms with Crippen LogP contribution < -0.4 is 0 Å². The first-order valence-corrected chi connectivity index (χ1v) is 10.3. The predicted molar refractivity (Wildman–Crippen MR) is 92.9 cm³/mol. The molecule has 0 aliphatic carbocycles. The summed E-state index contributed by atoms with van der Waals surface area (Å²) in [4.78, 5) is 5.44. The van der Waals surface area contributed by atoms with E-state index in [9.17, 15) is 8.42 Å². The Morgan fingerprint density at radius 3 is 2.65 bits per heavy atom. The molecule has 0 amide bonds. The first-order valence-electron chi connectivity index (χ1n) is 6.74. The number of nitriles is 1. The number of rotatable bonds is 5. The summed E-state index contributed by atoms with van der Waals surface area (Å²) in [5, 5.41) is 13.6. The lowest BCUT2D eigenvalue weighted by molar-refractivity contribution is 0.594. The van der Waals surface area contributed by atoms with Gasteiger partial charge in [0.1, 0.15) is 5.01 Å². The van der Waals surface area contributed by atoms with Crippen LogP contribution in [0, 0.1) is 11.3 Å². The lowest BCUT2D eigenvalue weighted by Gasteiger charge is -2.04. The molecule has 2 heterocycles. The SMILES string of the molecule is N#Cc1ccccc1CS(=O)(=O)Cc1csc(-c2cccs2)n1. The Labute approximate surface area is 142 Å². The number of benzene rings is 1. The average molecular weight is 360 g/mol. The highest BCUT2D eigenvalue weighted by Gasteiger charge is 2.17. The van der Waals surface area contributed by atoms with E-state index in [2.05, 4.69) is 4.98 Å². The van der Waals surface area contributed by atoms with E-state index in [4.69, 9.17) is 5.26 Å². The van der Waals surface area contributed by atoms with Crippen molar-refractivity contribution in [3.63, 3.8) is 0 Å². The molecule has 1 aromatic carbocycles. The van der Waals surface area contributed by atoms with Crippen molar-refractivity contribution < 1.29 is 8.42 Å². The minimum absolute atomic E-state index is 0.116. The maximum Gasteiger partial charge on any atom is 0.160 e. The third-order valence-electron chi connectivity index (χ3n) is 3.16. The maximum absolute atomic E-state index is 12.4. The molecule has 0 saturated carbocycles. The smallest absolute Gasteiger partial charge is 0.160 e. The second-order valence-electron chi connectivity index (χ2n) is 4.92. The second-order valence-corrected chi connectivity index (χ2v) is 8.79. The van der Waals surface area contributed by atoms with Gasteiger partial charge in [-0.3, -0.25) is 0 Å². The van der Waals surface area contributed by atoms with E-state index >= 15 is 0 Å². The fourth-order valence-electron chi connectivity index (χ4n) is 2.16. The van der Waals surface area contributed by atoms with E-state index in [0.717, 1.165) is 9.88 Å². The van der Waals surface area contributed by atoms with E-state index in [0.29, 0.717) is 16.8 Å². The molecule has 0 aliphatic heterocycles. The van der Waals surface area contributed by atoms with Gasteiger partial charge in [0, 0.05) is 5.38 Å². The summed E-state index contributed by atoms with van der Waals surface area (Å²) in [7, 11) is -3.38. The van der Waals surface area contributed by atoms with Gasteiger partial charge in [-0.25, -0.2) is 13.4 Å². The van der Waals surface area contributed by atoms with Crippen LogP contribution in [0.1, 0.15) is 16.8 Å². The van der Waals surface area contributed by atoms with E-state index < -0.39 is 9.84 Å². The third kappa shape index (κ3) is 3.85. The molecule has 3 rings (SSSR count). The van der Waals surface area contributed by atoms with Gasteiger partial charge in [0.15, 0.2) is 9.84 Å². The first kappa shape index (κ1) is 15.9. The lowest BCUT2D eigenvalue weighted by atomic mass is 10.1. The summed E-state index contributed by atoms with van der Waals surface area (Å²) in [6.45, 7) is 0. The molecule has 0 atom stereocenters. The summed E-state index contributed by atoms with van der Waals surface area (Å²) in [5.74, 6) is -0.267. The number of sulfone groups is 1. The van der Waals surface area contributed by atoms with Gasteiger partial charge in [0.2, 0.25) is 0 Å². The first-order chi connectivity index (χ1) is 11.1. The number of thiophene rings is 1. The number of hydrogen-bond acceptors (Lipinski definition) is 6. The number of aromatic nitrogens is 1. The predicted octanol–water partition coefficient (Wildman–Crippen LogP) is 3.86. The molecular weight excluding hydrogens is 348 g/mol. The van der Waals surface area contributed by atoms with Gasteiger partial charge < -0.3 is 0 Å². The van der Waals surface area contributed by atoms with Crippen LogP contribution in [0.4, 0.5) is 0 Å². The monoisotopic (exact) mass is 360 g/mol. The molecule has 3 aromatic rings. The summed E-state index contributed by atoms with van der Waals surface area (Å²) < 4.78 is 24.8. The van der Waals surface area contributed by atoms with E-state index in [-0.39, 0.29) is 11.5 Å². The van der Waals surface area contributed by atoms with E-state index in [1.807, 2.05) is 23.6 Å². The van der Waals surface area contributed by atoms with Crippen molar-refractivity contribution in [2.24, 2.45) is 0 Å². The van der Waals surface area contributed by atoms with Crippen LogP contribution >= 0.6 is 22.7 Å². The molecule has 0 radical (unpaired) electrons. The Morgan fingerprint density at radius 1 is 1.09 bits per heavy atom. The molecule has 0 unspecified atom stereocenters. The summed E-state index contributed by atoms with van der Waals surface area (Å²) in [6, 6.07) is 12.7. The molecule has 2 aromatic heterocycles. The molecule has 0 aliphatic rings. The highest BCUT2D eigenvalue weighted by atomic mass is 32.2. The van der Waals surface area contributed by atoms with Gasteiger partial charge in [0.05, 0.1) is 33.7 Å². The van der Waals surface area contributed by atoms with Crippen LogP contribution in [0.3, 0.4) is 0 Å². The van der Waals surface area contributed by atoms with Crippen molar-refractivity contribution in [2.45, 2.75) is 11.5 Å². The minimum Gasteiger partial charge on any atom is -0.239 e. The zero-order chi connectivity index (χ0) is 16.3. The van der Waals surface area contributed by atoms with Gasteiger partial charge in [-0.05, 0) is 23.1 Å². The van der Waals surface area contributed by atoms with Gasteiger partial charge in [-0.15, -0.1) is 22.7 Å². The molecule has 4 nitrogen and oxygen atoms in total. The topological polar surface area (TPSA) is 70.8 Å². The van der Waals surface area contributed by atoms with Crippen molar-refractivity contribution in [2.75, 3.05) is 0 Å². The summed E-state index contributed by atoms with van der Waals surface area (Å²) in [5.41, 5.74) is 1.48. The van der Waals surface area contributed by atoms with E-state index in [1.54, 1.807) is 41.0 Å². The highest BCUT2D eigenvalue weighted by molar-refractivity contribution is 7.89. The summed E-state index contributed by atoms with van der Waals surface area (Å²) in [6.07, 6.45) is 0. The van der Waals surface area contributed by atoms with Crippen molar-refractivity contribution in [3.8, 4) is 16.0 Å². The molecule has 0 bridgehead atoms. The van der Waals surface area contributed by atoms with Crippen molar-refractivity contribution in [3.05, 3.63) is 64.0 Å². The van der Waals surface area contributed by atoms with Gasteiger partial charge >= 0.3 is 0 Å². The van der Waals surface area contributed by atoms with Crippen LogP contribution in [-0.4, -0.2) is 13.4 Å². The van der Waals surface area contributed by atoms with Gasteiger partial charge in [0.25, 0.3) is 0 Å². The molecule has 116 valence electrons. The van der Waals surface area contributed by atoms with Crippen LogP contribution in [0.15, 0.2) is 47.2 Å². The fourth-order valence-corrected chi connectivity index (χ4v) is 5.32. The zero-order valence-electron chi connectivity index (χ0n) is 12.0. The van der Waals surface area contributed by atoms with Gasteiger partial charge in [-0.2, -0.15) is 5.26 Å². The Bertz CT molecular complexity index is 951. The molecule has 0 fully saturated rings. The van der Waals surface area contributed by atoms with E-state index in [1.165, 1.54) is 11.3 Å². The molecule has 0 spiro atoms. The molecular formula is C16H12N2O2S3. The zero-order valence-corrected chi connectivity index (χ0v) is 14.4. The number of hydrogen-bond donors (Lipinski definition) is 0. The van der Waals surface area contributed by atoms with Crippen molar-refractivity contribution in [1.29, 1.82) is 5.26 Å². The summed E-state index contributed by atoms with van der Waals surface area (Å²) >= 11 is 3.02. The van der Waals surface area contributed by atoms with Gasteiger partial charge in [-0.1, -0.05) is 24.3 Å². The Balaban J connectivity index is 1.78. The third-order valence-corrected chi connectivity index (χ3v) is 6.58. The molecule has 7 heteroatoms. The largest absolute Gasteiger partial charge is 0.239 e. The highest BCUT2D eigenvalue weighted by Crippen LogP contribution is 2.28. The number of nitrogens with zero attached hydrogens (tertiary/aromatic N) is 2. The Morgan fingerprint density at radius 2 is 1.91 bits per heavy atom. The van der Waals surface area contributed by atoms with Crippen molar-refractivity contribution >= 4 is 32.5 Å². The fraction of sp³-hybridized carbons (Fsp3) is 0.125. The second kappa shape index (κ2) is 6.62. The van der Waals surface area contributed by atoms with Crippen LogP contribution in [0.2, 0.25) is 0 Å². The molecule has 23 heavy (non-hydrogen) atoms. The standard InChI is InChI=1S/C16H12N2O2S3/c17-8-12-4-1-2-5-13(12)10-23(19,20)11-14-9-22-16(18-14)15-6-3-7-21-15/h1-7,9H,10-11H2. The van der Waals surface area contributed by atoms with Crippen molar-refractivity contribution in [1.82, 2.24) is 4.98 Å².